The summed E-state index contributed by atoms with van der Waals surface area (Å²) in [5.41, 5.74) is 0.326. The Morgan fingerprint density at radius 1 is 1.38 bits per heavy atom. The number of carbonyl (C=O) groups excluding carboxylic acids is 2. The number of rotatable bonds is 5. The third-order valence-electron chi connectivity index (χ3n) is 2.18. The first-order chi connectivity index (χ1) is 7.52. The molecule has 0 saturated heterocycles. The number of esters is 1. The lowest BCUT2D eigenvalue weighted by atomic mass is 10.3. The van der Waals surface area contributed by atoms with Crippen LogP contribution in [0.25, 0.3) is 0 Å². The molecule has 0 aliphatic heterocycles. The van der Waals surface area contributed by atoms with Crippen molar-refractivity contribution in [3.63, 3.8) is 0 Å². The Hall–Kier alpha value is -1.39. The van der Waals surface area contributed by atoms with Gasteiger partial charge in [0.1, 0.15) is 6.61 Å². The van der Waals surface area contributed by atoms with Crippen molar-refractivity contribution in [3.8, 4) is 0 Å². The molecular weight excluding hydrogens is 213 g/mol. The third kappa shape index (κ3) is 4.00. The minimum absolute atomic E-state index is 0.0465. The molecule has 0 bridgehead atoms. The maximum Gasteiger partial charge on any atom is 0.308 e. The van der Waals surface area contributed by atoms with Crippen molar-refractivity contribution in [1.29, 1.82) is 0 Å². The maximum absolute atomic E-state index is 13.0. The van der Waals surface area contributed by atoms with Crippen molar-refractivity contribution in [3.05, 3.63) is 11.4 Å². The molecule has 1 fully saturated rings. The van der Waals surface area contributed by atoms with Gasteiger partial charge in [-0.1, -0.05) is 0 Å². The first kappa shape index (κ1) is 12.7. The first-order valence-corrected chi connectivity index (χ1v) is 5.30. The summed E-state index contributed by atoms with van der Waals surface area (Å²) < 4.78 is 17.9. The zero-order valence-corrected chi connectivity index (χ0v) is 9.51. The van der Waals surface area contributed by atoms with Crippen LogP contribution in [0.2, 0.25) is 0 Å². The molecule has 0 aromatic carbocycles. The van der Waals surface area contributed by atoms with Crippen molar-refractivity contribution < 1.29 is 18.7 Å². The van der Waals surface area contributed by atoms with Crippen LogP contribution >= 0.6 is 0 Å². The second kappa shape index (κ2) is 5.63. The summed E-state index contributed by atoms with van der Waals surface area (Å²) in [5.74, 6) is -1.72. The lowest BCUT2D eigenvalue weighted by Crippen LogP contribution is -2.28. The number of carbonyl (C=O) groups is 2. The summed E-state index contributed by atoms with van der Waals surface area (Å²) in [5, 5.41) is 2.33. The normalized spacial score (nSPS) is 14.2. The molecule has 1 aliphatic carbocycles. The fourth-order valence-electron chi connectivity index (χ4n) is 1.06. The lowest BCUT2D eigenvalue weighted by Gasteiger charge is -2.05. The molecule has 16 heavy (non-hydrogen) atoms. The Labute approximate surface area is 93.8 Å². The van der Waals surface area contributed by atoms with Crippen molar-refractivity contribution in [2.75, 3.05) is 13.2 Å². The molecule has 0 radical (unpaired) electrons. The second-order valence-corrected chi connectivity index (χ2v) is 4.01. The Morgan fingerprint density at radius 2 is 2.00 bits per heavy atom. The van der Waals surface area contributed by atoms with Gasteiger partial charge in [-0.3, -0.25) is 9.59 Å². The van der Waals surface area contributed by atoms with Crippen LogP contribution in [0.15, 0.2) is 11.4 Å². The van der Waals surface area contributed by atoms with Gasteiger partial charge in [-0.25, -0.2) is 4.39 Å². The minimum Gasteiger partial charge on any atom is -0.464 e. The topological polar surface area (TPSA) is 55.4 Å². The lowest BCUT2D eigenvalue weighted by molar-refractivity contribution is -0.145. The van der Waals surface area contributed by atoms with E-state index < -0.39 is 11.7 Å². The van der Waals surface area contributed by atoms with Crippen LogP contribution in [0.3, 0.4) is 0 Å². The van der Waals surface area contributed by atoms with Crippen LogP contribution in [0, 0.1) is 5.92 Å². The summed E-state index contributed by atoms with van der Waals surface area (Å²) in [4.78, 5) is 22.2. The zero-order valence-electron chi connectivity index (χ0n) is 9.51. The molecule has 90 valence electrons. The number of allylic oxidation sites excluding steroid dienone is 1. The Morgan fingerprint density at radius 3 is 2.50 bits per heavy atom. The summed E-state index contributed by atoms with van der Waals surface area (Å²) in [7, 11) is 0. The van der Waals surface area contributed by atoms with Crippen LogP contribution in [0.5, 0.6) is 0 Å². The molecular formula is C11H16FNO3. The summed E-state index contributed by atoms with van der Waals surface area (Å²) in [6, 6.07) is 0. The molecule has 4 nitrogen and oxygen atoms in total. The fraction of sp³-hybridized carbons (Fsp3) is 0.636. The predicted octanol–water partition coefficient (Wildman–Crippen LogP) is 1.32. The Kier molecular flexibility index (Phi) is 4.46. The highest BCUT2D eigenvalue weighted by atomic mass is 19.1. The van der Waals surface area contributed by atoms with Gasteiger partial charge in [-0.05, 0) is 32.3 Å². The highest BCUT2D eigenvalue weighted by Crippen LogP contribution is 2.29. The highest BCUT2D eigenvalue weighted by Gasteiger charge is 2.30. The quantitative estimate of drug-likeness (QED) is 0.439. The molecule has 1 saturated carbocycles. The molecule has 0 spiro atoms. The summed E-state index contributed by atoms with van der Waals surface area (Å²) in [6.07, 6.45) is 1.77. The summed E-state index contributed by atoms with van der Waals surface area (Å²) >= 11 is 0. The van der Waals surface area contributed by atoms with Crippen molar-refractivity contribution in [2.24, 2.45) is 5.92 Å². The van der Waals surface area contributed by atoms with Gasteiger partial charge in [0.15, 0.2) is 5.83 Å². The first-order valence-electron chi connectivity index (χ1n) is 5.30. The number of nitrogens with one attached hydrogen (secondary N) is 1. The average molecular weight is 229 g/mol. The van der Waals surface area contributed by atoms with Gasteiger partial charge in [0.05, 0.1) is 12.5 Å². The SMILES string of the molecule is CC(C)=C(F)C(=O)NCCOC(=O)C1CC1. The number of halogens is 1. The van der Waals surface area contributed by atoms with Gasteiger partial charge in [0, 0.05) is 0 Å². The number of hydrogen-bond donors (Lipinski definition) is 1. The second-order valence-electron chi connectivity index (χ2n) is 4.01. The Bertz CT molecular complexity index is 317. The van der Waals surface area contributed by atoms with E-state index in [1.54, 1.807) is 0 Å². The summed E-state index contributed by atoms with van der Waals surface area (Å²) in [6.45, 7) is 3.26. The molecule has 1 aliphatic rings. The molecule has 0 aromatic rings. The molecule has 0 heterocycles. The van der Waals surface area contributed by atoms with E-state index in [1.165, 1.54) is 13.8 Å². The monoisotopic (exact) mass is 229 g/mol. The van der Waals surface area contributed by atoms with Crippen LogP contribution in [0.1, 0.15) is 26.7 Å². The Balaban J connectivity index is 2.13. The zero-order chi connectivity index (χ0) is 12.1. The van der Waals surface area contributed by atoms with Crippen molar-refractivity contribution in [2.45, 2.75) is 26.7 Å². The van der Waals surface area contributed by atoms with Crippen LogP contribution < -0.4 is 5.32 Å². The van der Waals surface area contributed by atoms with E-state index in [4.69, 9.17) is 4.74 Å². The smallest absolute Gasteiger partial charge is 0.308 e. The molecule has 1 amide bonds. The number of hydrogen-bond acceptors (Lipinski definition) is 3. The maximum atomic E-state index is 13.0. The van der Waals surface area contributed by atoms with E-state index in [0.717, 1.165) is 12.8 Å². The molecule has 0 unspecified atom stereocenters. The van der Waals surface area contributed by atoms with E-state index in [2.05, 4.69) is 5.32 Å². The van der Waals surface area contributed by atoms with Gasteiger partial charge < -0.3 is 10.1 Å². The van der Waals surface area contributed by atoms with Crippen LogP contribution in [-0.4, -0.2) is 25.0 Å². The predicted molar refractivity (Wildman–Crippen MR) is 56.2 cm³/mol. The van der Waals surface area contributed by atoms with E-state index >= 15 is 0 Å². The van der Waals surface area contributed by atoms with Gasteiger partial charge in [0.2, 0.25) is 0 Å². The van der Waals surface area contributed by atoms with Gasteiger partial charge >= 0.3 is 5.97 Å². The molecule has 0 aromatic heterocycles. The van der Waals surface area contributed by atoms with Crippen LogP contribution in [0.4, 0.5) is 4.39 Å². The van der Waals surface area contributed by atoms with E-state index in [-0.39, 0.29) is 25.0 Å². The standard InChI is InChI=1S/C11H16FNO3/c1-7(2)9(12)10(14)13-5-6-16-11(15)8-3-4-8/h8H,3-6H2,1-2H3,(H,13,14). The molecule has 5 heteroatoms. The third-order valence-corrected chi connectivity index (χ3v) is 2.18. The molecule has 1 rings (SSSR count). The average Bonchev–Trinajstić information content (AvgIpc) is 3.05. The number of amides is 1. The van der Waals surface area contributed by atoms with Gasteiger partial charge in [0.25, 0.3) is 5.91 Å². The number of ether oxygens (including phenoxy) is 1. The fourth-order valence-corrected chi connectivity index (χ4v) is 1.06. The molecule has 0 atom stereocenters. The molecule has 1 N–H and O–H groups in total. The van der Waals surface area contributed by atoms with Crippen LogP contribution in [-0.2, 0) is 14.3 Å². The van der Waals surface area contributed by atoms with E-state index in [9.17, 15) is 14.0 Å². The van der Waals surface area contributed by atoms with Gasteiger partial charge in [-0.15, -0.1) is 0 Å². The highest BCUT2D eigenvalue weighted by molar-refractivity contribution is 5.91. The van der Waals surface area contributed by atoms with E-state index in [1.807, 2.05) is 0 Å². The van der Waals surface area contributed by atoms with Crippen molar-refractivity contribution >= 4 is 11.9 Å². The van der Waals surface area contributed by atoms with Gasteiger partial charge in [-0.2, -0.15) is 0 Å². The van der Waals surface area contributed by atoms with Crippen molar-refractivity contribution in [1.82, 2.24) is 5.32 Å². The largest absolute Gasteiger partial charge is 0.464 e. The minimum atomic E-state index is -0.784. The van der Waals surface area contributed by atoms with E-state index in [0.29, 0.717) is 5.57 Å².